The molecule has 0 saturated carbocycles. The van der Waals surface area contributed by atoms with Crippen molar-refractivity contribution in [2.24, 2.45) is 13.0 Å². The van der Waals surface area contributed by atoms with Crippen LogP contribution in [0.15, 0.2) is 12.4 Å². The van der Waals surface area contributed by atoms with Gasteiger partial charge in [-0.15, -0.1) is 6.42 Å². The molecule has 0 aliphatic heterocycles. The van der Waals surface area contributed by atoms with Crippen molar-refractivity contribution in [3.05, 3.63) is 18.2 Å². The second-order valence-electron chi connectivity index (χ2n) is 5.76. The third-order valence-corrected chi connectivity index (χ3v) is 3.57. The fourth-order valence-electron chi connectivity index (χ4n) is 2.09. The average molecular weight is 346 g/mol. The highest BCUT2D eigenvalue weighted by Gasteiger charge is 2.57. The lowest BCUT2D eigenvalue weighted by Crippen LogP contribution is -2.49. The van der Waals surface area contributed by atoms with Crippen LogP contribution in [-0.4, -0.2) is 39.5 Å². The number of carbonyl (C=O) groups excluding carboxylic acids is 1. The van der Waals surface area contributed by atoms with Crippen LogP contribution < -0.4 is 10.6 Å². The van der Waals surface area contributed by atoms with Crippen LogP contribution in [0.5, 0.6) is 0 Å². The van der Waals surface area contributed by atoms with Crippen molar-refractivity contribution in [1.29, 1.82) is 0 Å². The molecule has 1 rings (SSSR count). The topological polar surface area (TPSA) is 79.2 Å². The Morgan fingerprint density at radius 3 is 2.54 bits per heavy atom. The number of aryl methyl sites for hydroxylation is 1. The zero-order chi connectivity index (χ0) is 18.5. The van der Waals surface area contributed by atoms with E-state index in [1.807, 2.05) is 0 Å². The Kier molecular flexibility index (Phi) is 6.26. The number of terminal acetylenes is 1. The van der Waals surface area contributed by atoms with E-state index >= 15 is 0 Å². The summed E-state index contributed by atoms with van der Waals surface area (Å²) in [6.07, 6.45) is 2.00. The van der Waals surface area contributed by atoms with Crippen LogP contribution in [0.2, 0.25) is 0 Å². The normalized spacial score (nSPS) is 15.5. The van der Waals surface area contributed by atoms with E-state index in [1.54, 1.807) is 13.8 Å². The lowest BCUT2D eigenvalue weighted by Gasteiger charge is -2.30. The van der Waals surface area contributed by atoms with Gasteiger partial charge in [-0.1, -0.05) is 19.8 Å². The molecule has 3 N–H and O–H groups in total. The molecule has 0 bridgehead atoms. The molecule has 0 unspecified atom stereocenters. The number of halogens is 3. The summed E-state index contributed by atoms with van der Waals surface area (Å²) in [7, 11) is 1.35. The molecule has 134 valence electrons. The van der Waals surface area contributed by atoms with Crippen LogP contribution in [0.3, 0.4) is 0 Å². The van der Waals surface area contributed by atoms with E-state index in [1.165, 1.54) is 13.2 Å². The zero-order valence-corrected chi connectivity index (χ0v) is 13.7. The fraction of sp³-hybridized carbons (Fsp3) is 0.600. The number of alkyl halides is 3. The Morgan fingerprint density at radius 2 is 2.12 bits per heavy atom. The molecule has 0 radical (unpaired) electrons. The van der Waals surface area contributed by atoms with Gasteiger partial charge in [-0.2, -0.15) is 13.2 Å². The fourth-order valence-corrected chi connectivity index (χ4v) is 2.09. The van der Waals surface area contributed by atoms with Crippen molar-refractivity contribution >= 4 is 6.03 Å². The van der Waals surface area contributed by atoms with E-state index in [9.17, 15) is 23.1 Å². The summed E-state index contributed by atoms with van der Waals surface area (Å²) in [5.41, 5.74) is -3.16. The van der Waals surface area contributed by atoms with Crippen LogP contribution in [0.4, 0.5) is 18.0 Å². The molecule has 1 heterocycles. The molecular weight excluding hydrogens is 325 g/mol. The van der Waals surface area contributed by atoms with Crippen LogP contribution in [0.25, 0.3) is 0 Å². The number of rotatable bonds is 6. The highest BCUT2D eigenvalue weighted by Crippen LogP contribution is 2.40. The second kappa shape index (κ2) is 7.57. The van der Waals surface area contributed by atoms with E-state index in [0.29, 0.717) is 0 Å². The van der Waals surface area contributed by atoms with Crippen molar-refractivity contribution in [2.45, 2.75) is 38.1 Å². The molecule has 2 amide bonds. The summed E-state index contributed by atoms with van der Waals surface area (Å²) in [6.45, 7) is 3.19. The van der Waals surface area contributed by atoms with Crippen LogP contribution >= 0.6 is 0 Å². The number of amides is 2. The number of carbonyl (C=O) groups is 1. The molecule has 9 heteroatoms. The smallest absolute Gasteiger partial charge is 0.374 e. The average Bonchev–Trinajstić information content (AvgIpc) is 2.89. The third-order valence-electron chi connectivity index (χ3n) is 3.57. The summed E-state index contributed by atoms with van der Waals surface area (Å²) < 4.78 is 40.9. The van der Waals surface area contributed by atoms with Gasteiger partial charge in [0.15, 0.2) is 0 Å². The Hall–Kier alpha value is -2.21. The predicted octanol–water partition coefficient (Wildman–Crippen LogP) is 1.52. The van der Waals surface area contributed by atoms with Crippen molar-refractivity contribution in [3.63, 3.8) is 0 Å². The molecule has 2 atom stereocenters. The first-order valence-corrected chi connectivity index (χ1v) is 7.30. The summed E-state index contributed by atoms with van der Waals surface area (Å²) in [6, 6.07) is -1.24. The standard InChI is InChI=1S/C15H21F3N4O2/c1-5-11(10(2)3)21-13(23)20-7-6-14(24,15(16,17)18)12-19-8-9-22(12)4/h1,8-11,24H,6-7H2,2-4H3,(H2,20,21,23)/t11-,14-/m0/s1. The van der Waals surface area contributed by atoms with Gasteiger partial charge in [-0.05, 0) is 5.92 Å². The van der Waals surface area contributed by atoms with Gasteiger partial charge in [0, 0.05) is 32.4 Å². The Morgan fingerprint density at radius 1 is 1.50 bits per heavy atom. The number of imidazole rings is 1. The van der Waals surface area contributed by atoms with Gasteiger partial charge in [-0.25, -0.2) is 9.78 Å². The lowest BCUT2D eigenvalue weighted by molar-refractivity contribution is -0.272. The molecule has 24 heavy (non-hydrogen) atoms. The van der Waals surface area contributed by atoms with Gasteiger partial charge in [0.2, 0.25) is 5.60 Å². The van der Waals surface area contributed by atoms with Crippen LogP contribution in [0.1, 0.15) is 26.1 Å². The molecule has 0 aromatic carbocycles. The molecule has 0 fully saturated rings. The number of hydrogen-bond donors (Lipinski definition) is 3. The lowest BCUT2D eigenvalue weighted by atomic mass is 9.97. The van der Waals surface area contributed by atoms with Crippen LogP contribution in [0, 0.1) is 18.3 Å². The van der Waals surface area contributed by atoms with E-state index < -0.39 is 42.6 Å². The van der Waals surface area contributed by atoms with E-state index in [4.69, 9.17) is 6.42 Å². The van der Waals surface area contributed by atoms with Gasteiger partial charge in [-0.3, -0.25) is 0 Å². The first-order chi connectivity index (χ1) is 11.0. The highest BCUT2D eigenvalue weighted by atomic mass is 19.4. The highest BCUT2D eigenvalue weighted by molar-refractivity contribution is 5.74. The summed E-state index contributed by atoms with van der Waals surface area (Å²) in [4.78, 5) is 15.3. The van der Waals surface area contributed by atoms with Crippen molar-refractivity contribution < 1.29 is 23.1 Å². The molecule has 0 spiro atoms. The van der Waals surface area contributed by atoms with Crippen molar-refractivity contribution in [3.8, 4) is 12.3 Å². The van der Waals surface area contributed by atoms with E-state index in [0.717, 1.165) is 10.8 Å². The number of nitrogens with zero attached hydrogens (tertiary/aromatic N) is 2. The molecule has 0 saturated heterocycles. The Labute approximate surface area is 138 Å². The molecule has 1 aromatic rings. The minimum absolute atomic E-state index is 0.0274. The quantitative estimate of drug-likeness (QED) is 0.684. The summed E-state index contributed by atoms with van der Waals surface area (Å²) in [5, 5.41) is 14.8. The minimum Gasteiger partial charge on any atom is -0.374 e. The minimum atomic E-state index is -4.94. The Bertz CT molecular complexity index is 607. The number of hydrogen-bond acceptors (Lipinski definition) is 3. The SMILES string of the molecule is C#C[C@H](NC(=O)NCC[C@](O)(c1nccn1C)C(F)(F)F)C(C)C. The molecule has 0 aliphatic rings. The van der Waals surface area contributed by atoms with E-state index in [-0.39, 0.29) is 5.92 Å². The molecule has 0 aliphatic carbocycles. The first-order valence-electron chi connectivity index (χ1n) is 7.30. The van der Waals surface area contributed by atoms with Gasteiger partial charge >= 0.3 is 12.2 Å². The molecule has 1 aromatic heterocycles. The van der Waals surface area contributed by atoms with Gasteiger partial charge in [0.05, 0.1) is 6.04 Å². The maximum absolute atomic E-state index is 13.3. The third kappa shape index (κ3) is 4.41. The monoisotopic (exact) mass is 346 g/mol. The van der Waals surface area contributed by atoms with Gasteiger partial charge in [0.25, 0.3) is 0 Å². The van der Waals surface area contributed by atoms with E-state index in [2.05, 4.69) is 21.5 Å². The largest absolute Gasteiger partial charge is 0.424 e. The second-order valence-corrected chi connectivity index (χ2v) is 5.76. The van der Waals surface area contributed by atoms with Gasteiger partial charge < -0.3 is 20.3 Å². The number of urea groups is 1. The number of aliphatic hydroxyl groups is 1. The van der Waals surface area contributed by atoms with Crippen molar-refractivity contribution in [2.75, 3.05) is 6.54 Å². The zero-order valence-electron chi connectivity index (χ0n) is 13.7. The van der Waals surface area contributed by atoms with Crippen LogP contribution in [-0.2, 0) is 12.6 Å². The maximum Gasteiger partial charge on any atom is 0.424 e. The maximum atomic E-state index is 13.3. The molecular formula is C15H21F3N4O2. The predicted molar refractivity (Wildman–Crippen MR) is 81.8 cm³/mol. The number of aromatic nitrogens is 2. The number of nitrogens with one attached hydrogen (secondary N) is 2. The van der Waals surface area contributed by atoms with Crippen molar-refractivity contribution in [1.82, 2.24) is 20.2 Å². The summed E-state index contributed by atoms with van der Waals surface area (Å²) in [5.74, 6) is 1.81. The molecule has 6 nitrogen and oxygen atoms in total. The first kappa shape index (κ1) is 19.8. The van der Waals surface area contributed by atoms with Gasteiger partial charge in [0.1, 0.15) is 5.82 Å². The Balaban J connectivity index is 2.74. The summed E-state index contributed by atoms with van der Waals surface area (Å²) >= 11 is 0.